The molecule has 0 radical (unpaired) electrons. The fraction of sp³-hybridized carbons (Fsp3) is 0.400. The molecule has 6 N–H and O–H groups in total. The van der Waals surface area contributed by atoms with Crippen molar-refractivity contribution in [3.63, 3.8) is 0 Å². The first kappa shape index (κ1) is 40.4. The van der Waals surface area contributed by atoms with E-state index in [-0.39, 0.29) is 28.8 Å². The lowest BCUT2D eigenvalue weighted by molar-refractivity contribution is -0.154. The zero-order valence-corrected chi connectivity index (χ0v) is 33.0. The topological polar surface area (TPSA) is 164 Å². The summed E-state index contributed by atoms with van der Waals surface area (Å²) in [5, 5.41) is 38.2. The summed E-state index contributed by atoms with van der Waals surface area (Å²) < 4.78 is 6.12. The van der Waals surface area contributed by atoms with E-state index in [2.05, 4.69) is 26.6 Å². The number of aromatic nitrogens is 1. The molecule has 1 saturated heterocycles. The second kappa shape index (κ2) is 18.6. The largest absolute Gasteiger partial charge is 0.508 e. The van der Waals surface area contributed by atoms with E-state index in [9.17, 15) is 29.7 Å². The van der Waals surface area contributed by atoms with Crippen LogP contribution < -0.4 is 16.2 Å². The Bertz CT molecular complexity index is 2230. The molecule has 0 saturated carbocycles. The Morgan fingerprint density at radius 1 is 0.965 bits per heavy atom. The fourth-order valence-electron chi connectivity index (χ4n) is 8.21. The van der Waals surface area contributed by atoms with Crippen molar-refractivity contribution >= 4 is 34.0 Å². The average Bonchev–Trinajstić information content (AvgIpc) is 3.85. The summed E-state index contributed by atoms with van der Waals surface area (Å²) in [6.07, 6.45) is 5.40. The number of nitrogens with one attached hydrogen (secondary N) is 3. The maximum Gasteiger partial charge on any atom is 0.331 e. The van der Waals surface area contributed by atoms with Gasteiger partial charge >= 0.3 is 5.97 Å². The molecule has 1 unspecified atom stereocenters. The second-order valence-corrected chi connectivity index (χ2v) is 16.6. The quantitative estimate of drug-likeness (QED) is 0.0330. The van der Waals surface area contributed by atoms with Crippen LogP contribution in [0.3, 0.4) is 0 Å². The molecule has 1 fully saturated rings. The number of hydrogen-bond donors (Lipinski definition) is 6. The Morgan fingerprint density at radius 2 is 1.81 bits per heavy atom. The number of aliphatic hydroxyl groups is 1. The van der Waals surface area contributed by atoms with Crippen LogP contribution in [-0.2, 0) is 34.6 Å². The number of thiophene rings is 1. The van der Waals surface area contributed by atoms with Crippen molar-refractivity contribution in [3.05, 3.63) is 127 Å². The van der Waals surface area contributed by atoms with Gasteiger partial charge in [-0.25, -0.2) is 4.79 Å². The molecule has 0 bridgehead atoms. The number of H-pyrrole nitrogens is 1. The molecule has 5 aromatic rings. The van der Waals surface area contributed by atoms with Crippen molar-refractivity contribution < 1.29 is 29.6 Å². The first-order valence-corrected chi connectivity index (χ1v) is 20.9. The lowest BCUT2D eigenvalue weighted by atomic mass is 9.91. The highest BCUT2D eigenvalue weighted by molar-refractivity contribution is 7.14. The number of aryl methyl sites for hydroxylation is 1. The first-order chi connectivity index (χ1) is 27.7. The number of pyridine rings is 1. The minimum atomic E-state index is -0.941. The molecule has 3 aromatic carbocycles. The van der Waals surface area contributed by atoms with Gasteiger partial charge in [0.25, 0.3) is 0 Å². The number of carbonyl (C=O) groups excluding carboxylic acids is 2. The molecule has 1 aliphatic heterocycles. The van der Waals surface area contributed by atoms with Gasteiger partial charge < -0.3 is 30.4 Å². The van der Waals surface area contributed by atoms with E-state index in [0.717, 1.165) is 84.6 Å². The van der Waals surface area contributed by atoms with Gasteiger partial charge in [0.1, 0.15) is 17.0 Å². The summed E-state index contributed by atoms with van der Waals surface area (Å²) in [7, 11) is 0. The van der Waals surface area contributed by atoms with Crippen LogP contribution in [-0.4, -0.2) is 69.7 Å². The van der Waals surface area contributed by atoms with E-state index >= 15 is 0 Å². The van der Waals surface area contributed by atoms with Gasteiger partial charge in [0.2, 0.25) is 5.56 Å². The number of unbranched alkanes of at least 4 members (excludes halogenated alkanes) is 2. The molecular weight excluding hydrogens is 741 g/mol. The summed E-state index contributed by atoms with van der Waals surface area (Å²) in [4.78, 5) is 45.5. The highest BCUT2D eigenvalue weighted by atomic mass is 32.1. The van der Waals surface area contributed by atoms with Gasteiger partial charge in [0.05, 0.1) is 23.1 Å². The molecule has 300 valence electrons. The summed E-state index contributed by atoms with van der Waals surface area (Å²) in [6.45, 7) is 4.46. The number of ether oxygens (including phenoxy) is 1. The third-order valence-electron chi connectivity index (χ3n) is 11.4. The number of phenols is 2. The predicted octanol–water partition coefficient (Wildman–Crippen LogP) is 6.45. The third kappa shape index (κ3) is 9.82. The van der Waals surface area contributed by atoms with Crippen LogP contribution in [0.15, 0.2) is 89.7 Å². The van der Waals surface area contributed by atoms with E-state index in [0.29, 0.717) is 61.5 Å². The van der Waals surface area contributed by atoms with Gasteiger partial charge in [-0.1, -0.05) is 48.9 Å². The highest BCUT2D eigenvalue weighted by Gasteiger charge is 2.46. The minimum absolute atomic E-state index is 0.0417. The molecule has 12 heteroatoms. The van der Waals surface area contributed by atoms with Crippen LogP contribution in [0.2, 0.25) is 0 Å². The molecule has 2 aliphatic rings. The van der Waals surface area contributed by atoms with E-state index < -0.39 is 11.6 Å². The summed E-state index contributed by atoms with van der Waals surface area (Å²) in [5.41, 5.74) is 2.88. The van der Waals surface area contributed by atoms with Crippen LogP contribution in [0, 0.1) is 5.92 Å². The number of nitrogens with zero attached hydrogens (tertiary/aromatic N) is 1. The number of piperidine rings is 1. The zero-order chi connectivity index (χ0) is 39.8. The number of hydrogen-bond acceptors (Lipinski definition) is 11. The molecule has 3 heterocycles. The Morgan fingerprint density at radius 3 is 2.65 bits per heavy atom. The van der Waals surface area contributed by atoms with Gasteiger partial charge in [0, 0.05) is 42.4 Å². The number of rotatable bonds is 18. The van der Waals surface area contributed by atoms with Crippen molar-refractivity contribution in [1.82, 2.24) is 20.5 Å². The number of aromatic hydroxyl groups is 2. The maximum absolute atomic E-state index is 14.0. The number of carbonyl (C=O) groups is 2. The zero-order valence-electron chi connectivity index (χ0n) is 32.2. The maximum atomic E-state index is 14.0. The van der Waals surface area contributed by atoms with Crippen LogP contribution in [0.25, 0.3) is 10.9 Å². The highest BCUT2D eigenvalue weighted by Crippen LogP contribution is 2.39. The van der Waals surface area contributed by atoms with Crippen molar-refractivity contribution in [2.45, 2.75) is 76.1 Å². The number of ketones is 1. The van der Waals surface area contributed by atoms with Crippen LogP contribution in [0.4, 0.5) is 0 Å². The molecule has 0 amide bonds. The van der Waals surface area contributed by atoms with Gasteiger partial charge in [-0.05, 0) is 123 Å². The van der Waals surface area contributed by atoms with E-state index in [4.69, 9.17) is 4.74 Å². The summed E-state index contributed by atoms with van der Waals surface area (Å²) >= 11 is 1.47. The van der Waals surface area contributed by atoms with Crippen molar-refractivity contribution in [1.29, 1.82) is 0 Å². The number of aromatic amines is 1. The number of phenolic OH excluding ortho intramolecular Hbond substituents is 2. The van der Waals surface area contributed by atoms with E-state index in [1.807, 2.05) is 48.5 Å². The molecule has 1 aliphatic carbocycles. The van der Waals surface area contributed by atoms with Crippen molar-refractivity contribution in [3.8, 4) is 11.5 Å². The molecule has 57 heavy (non-hydrogen) atoms. The van der Waals surface area contributed by atoms with E-state index in [1.54, 1.807) is 18.2 Å². The summed E-state index contributed by atoms with van der Waals surface area (Å²) in [6, 6.07) is 25.5. The second-order valence-electron chi connectivity index (χ2n) is 15.4. The molecule has 2 aromatic heterocycles. The molecule has 0 spiro atoms. The molecule has 2 atom stereocenters. The van der Waals surface area contributed by atoms with Gasteiger partial charge in [-0.15, -0.1) is 11.3 Å². The lowest BCUT2D eigenvalue weighted by Gasteiger charge is -2.33. The Balaban J connectivity index is 0.846. The number of fused-ring (bicyclic) bond motifs is 2. The Hall–Kier alpha value is -4.85. The van der Waals surface area contributed by atoms with Crippen LogP contribution in [0.1, 0.15) is 87.9 Å². The van der Waals surface area contributed by atoms with Crippen LogP contribution >= 0.6 is 11.3 Å². The monoisotopic (exact) mass is 792 g/mol. The van der Waals surface area contributed by atoms with Crippen molar-refractivity contribution in [2.24, 2.45) is 5.92 Å². The molecule has 11 nitrogen and oxygen atoms in total. The van der Waals surface area contributed by atoms with Gasteiger partial charge in [-0.3, -0.25) is 19.8 Å². The summed E-state index contributed by atoms with van der Waals surface area (Å²) in [5.74, 6) is 0.412. The standard InChI is InChI=1S/C45H52N4O7S/c50-33-9-6-7-31(25-33)28-49-23-19-30(20-24-49)29-56-44(55)45(21-18-32-8-3-4-10-37(32)45)47-26-34-12-16-41(57-34)38(51)11-2-1-5-22-46-27-40(53)35-13-15-39(52)43-36(35)14-17-42(54)48-43/h3-4,6-10,12-17,25,30,40,46-47,50,52-53H,1-2,5,11,18-24,26-29H2,(H,48,54)/t40-,45?/m0/s1. The number of aliphatic hydroxyl groups excluding tert-OH is 1. The SMILES string of the molecule is O=C(CCCCCNC[C@H](O)c1ccc(O)c2[nH]c(=O)ccc12)c1ccc(CNC2(C(=O)OCC3CCN(Cc4cccc(O)c4)CC3)CCc3ccccc32)s1. The number of benzene rings is 3. The fourth-order valence-corrected chi connectivity index (χ4v) is 9.13. The number of Topliss-reactive ketones (excluding diaryl/α,β-unsaturated/α-hetero) is 1. The molecular formula is C45H52N4O7S. The molecule has 7 rings (SSSR count). The predicted molar refractivity (Wildman–Crippen MR) is 222 cm³/mol. The normalized spacial score (nSPS) is 17.8. The average molecular weight is 793 g/mol. The third-order valence-corrected chi connectivity index (χ3v) is 12.6. The van der Waals surface area contributed by atoms with Crippen molar-refractivity contribution in [2.75, 3.05) is 32.8 Å². The van der Waals surface area contributed by atoms with Crippen LogP contribution in [0.5, 0.6) is 11.5 Å². The number of likely N-dealkylation sites (tertiary alicyclic amines) is 1. The Kier molecular flexibility index (Phi) is 13.2. The van der Waals surface area contributed by atoms with Gasteiger partial charge in [0.15, 0.2) is 5.78 Å². The van der Waals surface area contributed by atoms with Gasteiger partial charge in [-0.2, -0.15) is 0 Å². The minimum Gasteiger partial charge on any atom is -0.508 e. The lowest BCUT2D eigenvalue weighted by Crippen LogP contribution is -2.48. The van der Waals surface area contributed by atoms with E-state index in [1.165, 1.54) is 23.5 Å². The number of esters is 1. The Labute approximate surface area is 336 Å². The first-order valence-electron chi connectivity index (χ1n) is 20.0. The smallest absolute Gasteiger partial charge is 0.331 e.